The van der Waals surface area contributed by atoms with Crippen LogP contribution in [0.25, 0.3) is 0 Å². The van der Waals surface area contributed by atoms with Gasteiger partial charge in [-0.3, -0.25) is 9.78 Å². The molecule has 1 rings (SSSR count). The Morgan fingerprint density at radius 1 is 1.58 bits per heavy atom. The van der Waals surface area contributed by atoms with Crippen LogP contribution in [0.3, 0.4) is 0 Å². The Balaban J connectivity index is 0.000000261. The third-order valence-corrected chi connectivity index (χ3v) is 0.971. The van der Waals surface area contributed by atoms with Crippen molar-refractivity contribution in [3.05, 3.63) is 29.8 Å². The summed E-state index contributed by atoms with van der Waals surface area (Å²) >= 11 is 0. The maximum atomic E-state index is 12.0. The van der Waals surface area contributed by atoms with Crippen molar-refractivity contribution in [3.8, 4) is 0 Å². The summed E-state index contributed by atoms with van der Waals surface area (Å²) in [6, 6.07) is 3.03. The van der Waals surface area contributed by atoms with Gasteiger partial charge in [0, 0.05) is 5.69 Å². The summed E-state index contributed by atoms with van der Waals surface area (Å²) in [6.07, 6.45) is 1.20. The molecule has 0 unspecified atom stereocenters. The van der Waals surface area contributed by atoms with E-state index >= 15 is 0 Å². The quantitative estimate of drug-likeness (QED) is 0.598. The number of aromatic nitrogens is 1. The van der Waals surface area contributed by atoms with Crippen molar-refractivity contribution < 1.29 is 13.9 Å². The molecule has 0 fully saturated rings. The van der Waals surface area contributed by atoms with E-state index in [2.05, 4.69) is 9.72 Å². The molecular formula is C8H10FNO2. The molecule has 0 N–H and O–H groups in total. The SMILES string of the molecule is COC=O.Cc1ccc(F)cn1. The summed E-state index contributed by atoms with van der Waals surface area (Å²) in [5, 5.41) is 0. The third-order valence-electron chi connectivity index (χ3n) is 0.971. The molecule has 0 amide bonds. The van der Waals surface area contributed by atoms with Gasteiger partial charge in [-0.25, -0.2) is 4.39 Å². The Hall–Kier alpha value is -1.45. The lowest BCUT2D eigenvalue weighted by Gasteiger charge is -1.86. The Kier molecular flexibility index (Phi) is 5.51. The molecule has 12 heavy (non-hydrogen) atoms. The number of hydrogen-bond acceptors (Lipinski definition) is 3. The molecule has 0 aliphatic carbocycles. The second kappa shape index (κ2) is 6.27. The van der Waals surface area contributed by atoms with Gasteiger partial charge in [0.2, 0.25) is 0 Å². The van der Waals surface area contributed by atoms with Crippen LogP contribution < -0.4 is 0 Å². The molecular weight excluding hydrogens is 161 g/mol. The van der Waals surface area contributed by atoms with Crippen LogP contribution in [0.2, 0.25) is 0 Å². The van der Waals surface area contributed by atoms with E-state index in [-0.39, 0.29) is 5.82 Å². The first-order valence-corrected chi connectivity index (χ1v) is 3.25. The molecule has 0 aliphatic heterocycles. The molecule has 1 aromatic heterocycles. The van der Waals surface area contributed by atoms with Crippen molar-refractivity contribution in [1.82, 2.24) is 4.98 Å². The van der Waals surface area contributed by atoms with Crippen LogP contribution in [0.5, 0.6) is 0 Å². The predicted octanol–water partition coefficient (Wildman–Crippen LogP) is 1.32. The highest BCUT2D eigenvalue weighted by molar-refractivity contribution is 5.36. The van der Waals surface area contributed by atoms with Crippen molar-refractivity contribution in [2.45, 2.75) is 6.92 Å². The van der Waals surface area contributed by atoms with Gasteiger partial charge < -0.3 is 4.74 Å². The molecule has 0 radical (unpaired) electrons. The van der Waals surface area contributed by atoms with E-state index in [0.29, 0.717) is 6.47 Å². The van der Waals surface area contributed by atoms with E-state index < -0.39 is 0 Å². The van der Waals surface area contributed by atoms with E-state index in [9.17, 15) is 4.39 Å². The molecule has 0 saturated heterocycles. The standard InChI is InChI=1S/C6H6FN.C2H4O2/c1-5-2-3-6(7)4-8-5;1-4-2-3/h2-4H,1H3;2H,1H3. The fraction of sp³-hybridized carbons (Fsp3) is 0.250. The predicted molar refractivity (Wildman–Crippen MR) is 42.0 cm³/mol. The lowest BCUT2D eigenvalue weighted by molar-refractivity contribution is -0.126. The van der Waals surface area contributed by atoms with Gasteiger partial charge in [0.05, 0.1) is 13.3 Å². The first-order valence-electron chi connectivity index (χ1n) is 3.25. The topological polar surface area (TPSA) is 39.2 Å². The van der Waals surface area contributed by atoms with Crippen LogP contribution in [-0.2, 0) is 9.53 Å². The molecule has 1 heterocycles. The second-order valence-electron chi connectivity index (χ2n) is 1.95. The number of halogens is 1. The third kappa shape index (κ3) is 5.34. The van der Waals surface area contributed by atoms with Gasteiger partial charge in [-0.15, -0.1) is 0 Å². The van der Waals surface area contributed by atoms with Crippen LogP contribution in [0.4, 0.5) is 4.39 Å². The minimum Gasteiger partial charge on any atom is -0.471 e. The number of aryl methyl sites for hydroxylation is 1. The molecule has 0 spiro atoms. The number of methoxy groups -OCH3 is 1. The van der Waals surface area contributed by atoms with Crippen LogP contribution >= 0.6 is 0 Å². The summed E-state index contributed by atoms with van der Waals surface area (Å²) in [4.78, 5) is 12.7. The lowest BCUT2D eigenvalue weighted by atomic mass is 10.4. The Bertz CT molecular complexity index is 202. The number of carbonyl (C=O) groups excluding carboxylic acids is 1. The van der Waals surface area contributed by atoms with E-state index in [0.717, 1.165) is 5.69 Å². The van der Waals surface area contributed by atoms with Crippen molar-refractivity contribution in [2.24, 2.45) is 0 Å². The van der Waals surface area contributed by atoms with E-state index in [1.165, 1.54) is 19.4 Å². The van der Waals surface area contributed by atoms with Crippen molar-refractivity contribution in [1.29, 1.82) is 0 Å². The number of ether oxygens (including phenoxy) is 1. The van der Waals surface area contributed by atoms with E-state index in [1.807, 2.05) is 6.92 Å². The zero-order chi connectivity index (χ0) is 9.40. The molecule has 4 heteroatoms. The first kappa shape index (κ1) is 10.6. The number of nitrogens with zero attached hydrogens (tertiary/aromatic N) is 1. The number of hydrogen-bond donors (Lipinski definition) is 0. The van der Waals surface area contributed by atoms with Gasteiger partial charge in [-0.05, 0) is 19.1 Å². The Morgan fingerprint density at radius 2 is 2.17 bits per heavy atom. The highest BCUT2D eigenvalue weighted by Crippen LogP contribution is 1.94. The van der Waals surface area contributed by atoms with Gasteiger partial charge in [-0.2, -0.15) is 0 Å². The summed E-state index contributed by atoms with van der Waals surface area (Å²) in [7, 11) is 1.31. The van der Waals surface area contributed by atoms with Crippen LogP contribution in [0.1, 0.15) is 5.69 Å². The van der Waals surface area contributed by atoms with Gasteiger partial charge in [0.15, 0.2) is 0 Å². The second-order valence-corrected chi connectivity index (χ2v) is 1.95. The molecule has 0 aromatic carbocycles. The summed E-state index contributed by atoms with van der Waals surface area (Å²) < 4.78 is 15.9. The van der Waals surface area contributed by atoms with Gasteiger partial charge in [-0.1, -0.05) is 0 Å². The largest absolute Gasteiger partial charge is 0.471 e. The summed E-state index contributed by atoms with van der Waals surface area (Å²) in [5.74, 6) is -0.282. The minimum absolute atomic E-state index is 0.282. The zero-order valence-electron chi connectivity index (χ0n) is 6.95. The highest BCUT2D eigenvalue weighted by Gasteiger charge is 1.84. The maximum absolute atomic E-state index is 12.0. The minimum atomic E-state index is -0.282. The van der Waals surface area contributed by atoms with Crippen molar-refractivity contribution >= 4 is 6.47 Å². The van der Waals surface area contributed by atoms with Gasteiger partial charge in [0.1, 0.15) is 5.82 Å². The lowest BCUT2D eigenvalue weighted by Crippen LogP contribution is -1.79. The van der Waals surface area contributed by atoms with E-state index in [4.69, 9.17) is 4.79 Å². The van der Waals surface area contributed by atoms with Gasteiger partial charge >= 0.3 is 0 Å². The summed E-state index contributed by atoms with van der Waals surface area (Å²) in [5.41, 5.74) is 0.839. The van der Waals surface area contributed by atoms with Crippen molar-refractivity contribution in [2.75, 3.05) is 7.11 Å². The molecule has 0 bridgehead atoms. The smallest absolute Gasteiger partial charge is 0.292 e. The highest BCUT2D eigenvalue weighted by atomic mass is 19.1. The number of carbonyl (C=O) groups is 1. The monoisotopic (exact) mass is 171 g/mol. The van der Waals surface area contributed by atoms with Crippen LogP contribution in [-0.4, -0.2) is 18.6 Å². The zero-order valence-corrected chi connectivity index (χ0v) is 6.95. The molecule has 0 saturated carbocycles. The molecule has 0 atom stereocenters. The normalized spacial score (nSPS) is 7.92. The van der Waals surface area contributed by atoms with Crippen molar-refractivity contribution in [3.63, 3.8) is 0 Å². The Morgan fingerprint density at radius 3 is 2.42 bits per heavy atom. The van der Waals surface area contributed by atoms with E-state index in [1.54, 1.807) is 6.07 Å². The fourth-order valence-electron chi connectivity index (χ4n) is 0.450. The number of rotatable bonds is 1. The van der Waals surface area contributed by atoms with Gasteiger partial charge in [0.25, 0.3) is 6.47 Å². The molecule has 3 nitrogen and oxygen atoms in total. The summed E-state index contributed by atoms with van der Waals surface area (Å²) in [6.45, 7) is 2.19. The first-order chi connectivity index (χ1) is 5.70. The van der Waals surface area contributed by atoms with Crippen LogP contribution in [0.15, 0.2) is 18.3 Å². The molecule has 0 aliphatic rings. The molecule has 1 aromatic rings. The fourth-order valence-corrected chi connectivity index (χ4v) is 0.450. The average Bonchev–Trinajstić information content (AvgIpc) is 2.11. The van der Waals surface area contributed by atoms with Crippen LogP contribution in [0, 0.1) is 12.7 Å². The molecule has 66 valence electrons. The maximum Gasteiger partial charge on any atom is 0.292 e. The average molecular weight is 171 g/mol. The Labute approximate surface area is 70.2 Å². The number of pyridine rings is 1.